The normalized spacial score (nSPS) is 24.2. The predicted octanol–water partition coefficient (Wildman–Crippen LogP) is 2.77. The molecule has 2 aromatic rings. The van der Waals surface area contributed by atoms with Gasteiger partial charge in [0, 0.05) is 37.3 Å². The second-order valence-corrected chi connectivity index (χ2v) is 8.72. The van der Waals surface area contributed by atoms with Gasteiger partial charge < -0.3 is 4.90 Å². The largest absolute Gasteiger partial charge is 0.340 e. The highest BCUT2D eigenvalue weighted by atomic mass is 16.2. The Labute approximate surface area is 172 Å². The molecule has 1 aromatic heterocycles. The molecule has 2 saturated heterocycles. The molecule has 6 heteroatoms. The predicted molar refractivity (Wildman–Crippen MR) is 112 cm³/mol. The molecule has 1 amide bonds. The lowest BCUT2D eigenvalue weighted by molar-refractivity contribution is -0.131. The molecule has 0 unspecified atom stereocenters. The van der Waals surface area contributed by atoms with Gasteiger partial charge in [0.1, 0.15) is 6.54 Å². The Bertz CT molecular complexity index is 964. The van der Waals surface area contributed by atoms with Crippen LogP contribution in [0.5, 0.6) is 0 Å². The molecule has 2 aliphatic heterocycles. The molecule has 0 bridgehead atoms. The molecule has 0 saturated carbocycles. The van der Waals surface area contributed by atoms with Crippen molar-refractivity contribution in [2.24, 2.45) is 11.8 Å². The first-order valence-electron chi connectivity index (χ1n) is 10.4. The van der Waals surface area contributed by atoms with Gasteiger partial charge >= 0.3 is 0 Å². The van der Waals surface area contributed by atoms with Crippen molar-refractivity contribution < 1.29 is 9.59 Å². The molecule has 154 valence electrons. The minimum absolute atomic E-state index is 0.00138. The second kappa shape index (κ2) is 7.41. The van der Waals surface area contributed by atoms with Crippen molar-refractivity contribution in [3.05, 3.63) is 52.3 Å². The molecule has 3 atom stereocenters. The van der Waals surface area contributed by atoms with E-state index in [1.165, 1.54) is 11.1 Å². The summed E-state index contributed by atoms with van der Waals surface area (Å²) in [5, 5.41) is 4.44. The number of aryl methyl sites for hydroxylation is 2. The Morgan fingerprint density at radius 2 is 1.83 bits per heavy atom. The molecule has 0 radical (unpaired) electrons. The number of likely N-dealkylation sites (tertiary alicyclic amines) is 2. The van der Waals surface area contributed by atoms with Crippen LogP contribution in [0.2, 0.25) is 0 Å². The van der Waals surface area contributed by atoms with E-state index in [-0.39, 0.29) is 18.2 Å². The molecule has 1 aromatic carbocycles. The fraction of sp³-hybridized carbons (Fsp3) is 0.522. The molecular weight excluding hydrogens is 364 g/mol. The number of ketones is 1. The molecule has 4 rings (SSSR count). The van der Waals surface area contributed by atoms with E-state index >= 15 is 0 Å². The van der Waals surface area contributed by atoms with E-state index in [0.717, 1.165) is 25.3 Å². The van der Waals surface area contributed by atoms with Crippen LogP contribution < -0.4 is 0 Å². The van der Waals surface area contributed by atoms with Crippen LogP contribution >= 0.6 is 0 Å². The van der Waals surface area contributed by atoms with Crippen molar-refractivity contribution in [3.8, 4) is 0 Å². The van der Waals surface area contributed by atoms with Gasteiger partial charge in [-0.15, -0.1) is 0 Å². The second-order valence-electron chi connectivity index (χ2n) is 8.72. The first-order chi connectivity index (χ1) is 13.8. The third-order valence-electron chi connectivity index (χ3n) is 6.77. The number of carbonyl (C=O) groups is 2. The molecule has 0 spiro atoms. The number of hydrogen-bond donors (Lipinski definition) is 0. The Morgan fingerprint density at radius 1 is 1.10 bits per heavy atom. The van der Waals surface area contributed by atoms with Crippen LogP contribution in [-0.4, -0.2) is 58.0 Å². The van der Waals surface area contributed by atoms with Crippen LogP contribution in [0.15, 0.2) is 24.3 Å². The smallest absolute Gasteiger partial charge is 0.244 e. The Hall–Kier alpha value is -2.47. The zero-order valence-electron chi connectivity index (χ0n) is 18.0. The number of amides is 1. The summed E-state index contributed by atoms with van der Waals surface area (Å²) in [7, 11) is 2.20. The van der Waals surface area contributed by atoms with Gasteiger partial charge in [-0.05, 0) is 51.8 Å². The minimum Gasteiger partial charge on any atom is -0.340 e. The molecule has 6 nitrogen and oxygen atoms in total. The highest BCUT2D eigenvalue weighted by Gasteiger charge is 2.47. The van der Waals surface area contributed by atoms with Gasteiger partial charge in [0.25, 0.3) is 0 Å². The molecule has 2 aliphatic rings. The summed E-state index contributed by atoms with van der Waals surface area (Å²) >= 11 is 0. The molecule has 0 aliphatic carbocycles. The molecule has 29 heavy (non-hydrogen) atoms. The molecule has 2 fully saturated rings. The summed E-state index contributed by atoms with van der Waals surface area (Å²) in [4.78, 5) is 29.3. The molecular formula is C23H30N4O2. The van der Waals surface area contributed by atoms with Crippen molar-refractivity contribution in [3.63, 3.8) is 0 Å². The highest BCUT2D eigenvalue weighted by Crippen LogP contribution is 2.44. The van der Waals surface area contributed by atoms with Gasteiger partial charge in [0.15, 0.2) is 5.78 Å². The van der Waals surface area contributed by atoms with Crippen molar-refractivity contribution in [1.29, 1.82) is 0 Å². The Kier molecular flexibility index (Phi) is 5.07. The summed E-state index contributed by atoms with van der Waals surface area (Å²) in [6, 6.07) is 8.94. The fourth-order valence-corrected chi connectivity index (χ4v) is 5.44. The van der Waals surface area contributed by atoms with Crippen LogP contribution in [-0.2, 0) is 11.3 Å². The highest BCUT2D eigenvalue weighted by molar-refractivity contribution is 5.96. The Balaban J connectivity index is 1.50. The number of hydrogen-bond acceptors (Lipinski definition) is 4. The quantitative estimate of drug-likeness (QED) is 0.749. The van der Waals surface area contributed by atoms with Gasteiger partial charge in [-0.2, -0.15) is 5.10 Å². The topological polar surface area (TPSA) is 58.4 Å². The molecule has 3 heterocycles. The van der Waals surface area contributed by atoms with E-state index in [2.05, 4.69) is 48.2 Å². The molecule has 0 N–H and O–H groups in total. The average molecular weight is 395 g/mol. The van der Waals surface area contributed by atoms with Crippen LogP contribution in [0.25, 0.3) is 0 Å². The fourth-order valence-electron chi connectivity index (χ4n) is 5.44. The summed E-state index contributed by atoms with van der Waals surface area (Å²) in [6.07, 6.45) is 0. The van der Waals surface area contributed by atoms with Crippen LogP contribution in [0.1, 0.15) is 45.8 Å². The third kappa shape index (κ3) is 3.39. The van der Waals surface area contributed by atoms with Gasteiger partial charge in [0.2, 0.25) is 5.91 Å². The van der Waals surface area contributed by atoms with Crippen molar-refractivity contribution in [2.45, 2.75) is 40.3 Å². The lowest BCUT2D eigenvalue weighted by Crippen LogP contribution is -2.36. The van der Waals surface area contributed by atoms with E-state index < -0.39 is 0 Å². The van der Waals surface area contributed by atoms with E-state index in [1.54, 1.807) is 11.6 Å². The zero-order chi connectivity index (χ0) is 20.9. The van der Waals surface area contributed by atoms with Crippen LogP contribution in [0, 0.1) is 32.6 Å². The first kappa shape index (κ1) is 19.8. The zero-order valence-corrected chi connectivity index (χ0v) is 18.0. The van der Waals surface area contributed by atoms with E-state index in [9.17, 15) is 9.59 Å². The minimum atomic E-state index is -0.00138. The number of Topliss-reactive ketones (excluding diaryl/α,β-unsaturated/α-hetero) is 1. The summed E-state index contributed by atoms with van der Waals surface area (Å²) in [5.41, 5.74) is 4.80. The summed E-state index contributed by atoms with van der Waals surface area (Å²) < 4.78 is 1.69. The van der Waals surface area contributed by atoms with E-state index in [4.69, 9.17) is 0 Å². The maximum atomic E-state index is 13.0. The number of fused-ring (bicyclic) bond motifs is 1. The van der Waals surface area contributed by atoms with Crippen LogP contribution in [0.4, 0.5) is 0 Å². The summed E-state index contributed by atoms with van der Waals surface area (Å²) in [5.74, 6) is 1.05. The maximum Gasteiger partial charge on any atom is 0.244 e. The third-order valence-corrected chi connectivity index (χ3v) is 6.77. The average Bonchev–Trinajstić information content (AvgIpc) is 3.26. The van der Waals surface area contributed by atoms with E-state index in [1.807, 2.05) is 18.7 Å². The Morgan fingerprint density at radius 3 is 2.48 bits per heavy atom. The standard InChI is InChI=1S/C23H30N4O2/c1-14-8-6-7-9-19(14)23-20-12-26(11-18(20)10-25(23)5)21(29)13-27-16(3)22(17(4)28)15(2)24-27/h6-9,18,20,23H,10-13H2,1-5H3/t18-,20+,23+/m0/s1. The van der Waals surface area contributed by atoms with Crippen molar-refractivity contribution in [2.75, 3.05) is 26.7 Å². The van der Waals surface area contributed by atoms with Gasteiger partial charge in [-0.3, -0.25) is 19.2 Å². The number of benzene rings is 1. The van der Waals surface area contributed by atoms with Crippen molar-refractivity contribution >= 4 is 11.7 Å². The maximum absolute atomic E-state index is 13.0. The SMILES string of the molecule is CC(=O)c1c(C)nn(CC(=O)N2C[C@@H]3CN(C)[C@H](c4ccccc4C)[C@@H]3C2)c1C. The van der Waals surface area contributed by atoms with Gasteiger partial charge in [-0.1, -0.05) is 24.3 Å². The number of aromatic nitrogens is 2. The van der Waals surface area contributed by atoms with Crippen molar-refractivity contribution in [1.82, 2.24) is 19.6 Å². The number of nitrogens with zero attached hydrogens (tertiary/aromatic N) is 4. The van der Waals surface area contributed by atoms with Gasteiger partial charge in [-0.25, -0.2) is 0 Å². The van der Waals surface area contributed by atoms with Gasteiger partial charge in [0.05, 0.1) is 11.3 Å². The van der Waals surface area contributed by atoms with E-state index in [0.29, 0.717) is 29.1 Å². The number of rotatable bonds is 4. The summed E-state index contributed by atoms with van der Waals surface area (Å²) in [6.45, 7) is 10.2. The lowest BCUT2D eigenvalue weighted by Gasteiger charge is -2.28. The lowest BCUT2D eigenvalue weighted by atomic mass is 9.88. The monoisotopic (exact) mass is 394 g/mol. The number of carbonyl (C=O) groups excluding carboxylic acids is 2. The van der Waals surface area contributed by atoms with Crippen LogP contribution in [0.3, 0.4) is 0 Å². The first-order valence-corrected chi connectivity index (χ1v) is 10.4.